The lowest BCUT2D eigenvalue weighted by molar-refractivity contribution is -0.129. The second-order valence-electron chi connectivity index (χ2n) is 6.96. The highest BCUT2D eigenvalue weighted by Crippen LogP contribution is 2.37. The molecule has 0 aliphatic heterocycles. The highest BCUT2D eigenvalue weighted by atomic mass is 79.9. The van der Waals surface area contributed by atoms with Crippen LogP contribution in [-0.4, -0.2) is 24.0 Å². The van der Waals surface area contributed by atoms with Crippen molar-refractivity contribution in [2.75, 3.05) is 5.32 Å². The van der Waals surface area contributed by atoms with Crippen molar-refractivity contribution in [3.63, 3.8) is 0 Å². The summed E-state index contributed by atoms with van der Waals surface area (Å²) < 4.78 is 0.494. The summed E-state index contributed by atoms with van der Waals surface area (Å²) in [6.07, 6.45) is 3.74. The zero-order valence-corrected chi connectivity index (χ0v) is 18.2. The van der Waals surface area contributed by atoms with Crippen LogP contribution in [0.15, 0.2) is 29.3 Å². The predicted molar refractivity (Wildman–Crippen MR) is 117 cm³/mol. The minimum atomic E-state index is -0.737. The molecule has 0 fully saturated rings. The summed E-state index contributed by atoms with van der Waals surface area (Å²) in [5.41, 5.74) is 0.662. The number of carbonyl (C=O) groups excluding carboxylic acids is 1. The molecule has 4 nitrogen and oxygen atoms in total. The van der Waals surface area contributed by atoms with E-state index in [-0.39, 0.29) is 16.8 Å². The third kappa shape index (κ3) is 5.33. The summed E-state index contributed by atoms with van der Waals surface area (Å²) in [4.78, 5) is 12.7. The zero-order chi connectivity index (χ0) is 20.1. The molecule has 0 aromatic heterocycles. The zero-order valence-electron chi connectivity index (χ0n) is 15.8. The number of aromatic hydroxyl groups is 1. The highest BCUT2D eigenvalue weighted by Gasteiger charge is 2.34. The van der Waals surface area contributed by atoms with Crippen LogP contribution in [0.1, 0.15) is 52.5 Å². The van der Waals surface area contributed by atoms with Crippen LogP contribution in [-0.2, 0) is 10.1 Å². The van der Waals surface area contributed by atoms with Crippen molar-refractivity contribution in [2.45, 2.75) is 52.3 Å². The molecule has 140 valence electrons. The van der Waals surface area contributed by atoms with Crippen molar-refractivity contribution in [2.24, 2.45) is 5.41 Å². The summed E-state index contributed by atoms with van der Waals surface area (Å²) in [5.74, 6) is -0.0444. The Morgan fingerprint density at radius 3 is 2.42 bits per heavy atom. The van der Waals surface area contributed by atoms with E-state index in [1.165, 1.54) is 0 Å². The van der Waals surface area contributed by atoms with E-state index < -0.39 is 10.7 Å². The number of allylic oxidation sites excluding steroid dienone is 1. The number of hydrogen-bond acceptors (Lipinski definition) is 3. The fourth-order valence-electron chi connectivity index (χ4n) is 2.79. The Morgan fingerprint density at radius 2 is 1.96 bits per heavy atom. The maximum absolute atomic E-state index is 12.7. The number of phenolic OH excluding ortho intramolecular Hbond substituents is 1. The largest absolute Gasteiger partial charge is 0.506 e. The number of carbonyl (C=O) groups is 1. The molecule has 0 saturated heterocycles. The number of rotatable bonds is 7. The van der Waals surface area contributed by atoms with E-state index in [9.17, 15) is 9.90 Å². The van der Waals surface area contributed by atoms with Crippen LogP contribution in [0.25, 0.3) is 0 Å². The monoisotopic (exact) mass is 436 g/mol. The van der Waals surface area contributed by atoms with Crippen molar-refractivity contribution < 1.29 is 9.90 Å². The molecule has 0 saturated carbocycles. The van der Waals surface area contributed by atoms with Gasteiger partial charge in [-0.15, -0.1) is 6.58 Å². The first-order chi connectivity index (χ1) is 12.0. The first-order valence-corrected chi connectivity index (χ1v) is 9.76. The third-order valence-corrected chi connectivity index (χ3v) is 5.42. The van der Waals surface area contributed by atoms with Crippen molar-refractivity contribution in [3.05, 3.63) is 34.8 Å². The van der Waals surface area contributed by atoms with Crippen LogP contribution < -0.4 is 10.6 Å². The number of benzene rings is 1. The molecule has 0 bridgehead atoms. The maximum Gasteiger partial charge on any atom is 0.232 e. The summed E-state index contributed by atoms with van der Waals surface area (Å²) in [6.45, 7) is 11.3. The molecule has 0 heterocycles. The van der Waals surface area contributed by atoms with Gasteiger partial charge in [-0.05, 0) is 70.4 Å². The van der Waals surface area contributed by atoms with Crippen LogP contribution in [0.5, 0.6) is 5.75 Å². The molecule has 0 atom stereocenters. The van der Waals surface area contributed by atoms with Gasteiger partial charge in [0.2, 0.25) is 5.91 Å². The standard InChI is InChI=1S/C19H26BBrN2O2S/c1-6-9-19(7-2,8-3)16(25)23-17(26)22-12-10-13(18(4,5)20)15(24)14(21)11-12/h6,10-11,24H,1,7-9H2,2-5H3,(H2,22,23,25,26). The van der Waals surface area contributed by atoms with Gasteiger partial charge in [0, 0.05) is 5.69 Å². The summed E-state index contributed by atoms with van der Waals surface area (Å²) >= 11 is 8.61. The Hall–Kier alpha value is -1.34. The Labute approximate surface area is 171 Å². The van der Waals surface area contributed by atoms with Crippen LogP contribution in [0.4, 0.5) is 5.69 Å². The first-order valence-electron chi connectivity index (χ1n) is 8.56. The van der Waals surface area contributed by atoms with E-state index in [1.807, 2.05) is 13.8 Å². The topological polar surface area (TPSA) is 61.4 Å². The molecule has 1 rings (SSSR count). The second kappa shape index (κ2) is 9.04. The number of thiocarbonyl (C=S) groups is 1. The maximum atomic E-state index is 12.7. The fourth-order valence-corrected chi connectivity index (χ4v) is 3.46. The molecule has 1 aromatic carbocycles. The first kappa shape index (κ1) is 22.7. The summed E-state index contributed by atoms with van der Waals surface area (Å²) in [7, 11) is 6.11. The Kier molecular flexibility index (Phi) is 7.90. The van der Waals surface area contributed by atoms with E-state index in [1.54, 1.807) is 32.1 Å². The van der Waals surface area contributed by atoms with Gasteiger partial charge in [-0.3, -0.25) is 4.79 Å². The Morgan fingerprint density at radius 1 is 1.38 bits per heavy atom. The summed E-state index contributed by atoms with van der Waals surface area (Å²) in [5, 5.41) is 15.4. The lowest BCUT2D eigenvalue weighted by atomic mass is 9.67. The van der Waals surface area contributed by atoms with Gasteiger partial charge >= 0.3 is 0 Å². The van der Waals surface area contributed by atoms with Gasteiger partial charge < -0.3 is 15.7 Å². The number of amides is 1. The van der Waals surface area contributed by atoms with Crippen molar-refractivity contribution in [3.8, 4) is 5.75 Å². The number of nitrogens with one attached hydrogen (secondary N) is 2. The highest BCUT2D eigenvalue weighted by molar-refractivity contribution is 9.10. The number of anilines is 1. The molecule has 0 aliphatic rings. The molecule has 0 spiro atoms. The molecule has 3 N–H and O–H groups in total. The molecule has 0 aliphatic carbocycles. The van der Waals surface area contributed by atoms with Gasteiger partial charge in [-0.25, -0.2) is 0 Å². The average Bonchev–Trinajstić information content (AvgIpc) is 2.54. The molecule has 0 unspecified atom stereocenters. The van der Waals surface area contributed by atoms with Crippen molar-refractivity contribution in [1.29, 1.82) is 0 Å². The molecule has 1 aromatic rings. The Bertz CT molecular complexity index is 698. The predicted octanol–water partition coefficient (Wildman–Crippen LogP) is 4.75. The lowest BCUT2D eigenvalue weighted by Gasteiger charge is -2.29. The van der Waals surface area contributed by atoms with Gasteiger partial charge in [-0.1, -0.05) is 33.8 Å². The molecule has 26 heavy (non-hydrogen) atoms. The lowest BCUT2D eigenvalue weighted by Crippen LogP contribution is -2.44. The van der Waals surface area contributed by atoms with Gasteiger partial charge in [0.05, 0.1) is 17.7 Å². The van der Waals surface area contributed by atoms with E-state index >= 15 is 0 Å². The smallest absolute Gasteiger partial charge is 0.232 e. The SMILES string of the molecule is [B]C(C)(C)c1cc(NC(=S)NC(=O)C(CC)(CC)CC=C)cc(Br)c1O. The normalized spacial score (nSPS) is 11.7. The number of hydrogen-bond donors (Lipinski definition) is 3. The van der Waals surface area contributed by atoms with E-state index in [2.05, 4.69) is 33.1 Å². The van der Waals surface area contributed by atoms with Crippen molar-refractivity contribution >= 4 is 52.7 Å². The number of halogens is 1. The van der Waals surface area contributed by atoms with Crippen molar-refractivity contribution in [1.82, 2.24) is 5.32 Å². The fraction of sp³-hybridized carbons (Fsp3) is 0.474. The second-order valence-corrected chi connectivity index (χ2v) is 8.23. The minimum absolute atomic E-state index is 0.0833. The number of phenols is 1. The van der Waals surface area contributed by atoms with Gasteiger partial charge in [0.15, 0.2) is 5.11 Å². The Balaban J connectivity index is 3.00. The van der Waals surface area contributed by atoms with E-state index in [0.717, 1.165) is 0 Å². The molecular weight excluding hydrogens is 411 g/mol. The van der Waals surface area contributed by atoms with Crippen LogP contribution in [0.3, 0.4) is 0 Å². The van der Waals surface area contributed by atoms with Gasteiger partial charge in [0.1, 0.15) is 5.75 Å². The molecular formula is C19H26BBrN2O2S. The van der Waals surface area contributed by atoms with Gasteiger partial charge in [-0.2, -0.15) is 0 Å². The third-order valence-electron chi connectivity index (χ3n) is 4.61. The average molecular weight is 437 g/mol. The van der Waals surface area contributed by atoms with Crippen LogP contribution in [0.2, 0.25) is 0 Å². The van der Waals surface area contributed by atoms with E-state index in [4.69, 9.17) is 20.1 Å². The van der Waals surface area contributed by atoms with Crippen LogP contribution >= 0.6 is 28.1 Å². The molecule has 7 heteroatoms. The molecule has 2 radical (unpaired) electrons. The minimum Gasteiger partial charge on any atom is -0.506 e. The van der Waals surface area contributed by atoms with Crippen LogP contribution in [0, 0.1) is 5.41 Å². The quantitative estimate of drug-likeness (QED) is 0.249. The van der Waals surface area contributed by atoms with Gasteiger partial charge in [0.25, 0.3) is 0 Å². The summed E-state index contributed by atoms with van der Waals surface area (Å²) in [6, 6.07) is 3.40. The van der Waals surface area contributed by atoms with E-state index in [0.29, 0.717) is 35.0 Å². The molecule has 1 amide bonds.